The molecular weight excluding hydrogens is 304 g/mol. The van der Waals surface area contributed by atoms with Crippen LogP contribution in [-0.4, -0.2) is 11.1 Å². The average Bonchev–Trinajstić information content (AvgIpc) is 3.06. The minimum Gasteiger partial charge on any atom is -0.317 e. The van der Waals surface area contributed by atoms with Gasteiger partial charge in [-0.1, -0.05) is 63.9 Å². The van der Waals surface area contributed by atoms with Crippen LogP contribution in [-0.2, 0) is 5.41 Å². The maximum absolute atomic E-state index is 4.08. The highest BCUT2D eigenvalue weighted by Gasteiger charge is 2.53. The SMILES string of the molecule is C=C/C=C(\C=C/C)N1C(C=C)=C(C=C)N2c3ccccc3C(C)(C)C12. The third-order valence-corrected chi connectivity index (χ3v) is 5.06. The molecule has 0 radical (unpaired) electrons. The van der Waals surface area contributed by atoms with E-state index < -0.39 is 0 Å². The molecule has 0 amide bonds. The number of fused-ring (bicyclic) bond motifs is 3. The maximum atomic E-state index is 4.08. The number of para-hydroxylation sites is 1. The summed E-state index contributed by atoms with van der Waals surface area (Å²) in [5.41, 5.74) is 5.81. The molecular formula is C23H26N2. The van der Waals surface area contributed by atoms with Crippen molar-refractivity contribution in [2.45, 2.75) is 32.4 Å². The molecule has 0 saturated carbocycles. The average molecular weight is 330 g/mol. The van der Waals surface area contributed by atoms with Gasteiger partial charge in [-0.2, -0.15) is 0 Å². The van der Waals surface area contributed by atoms with Crippen LogP contribution in [0.2, 0.25) is 0 Å². The van der Waals surface area contributed by atoms with Gasteiger partial charge in [-0.15, -0.1) is 0 Å². The summed E-state index contributed by atoms with van der Waals surface area (Å²) < 4.78 is 0. The molecule has 2 aliphatic heterocycles. The molecule has 1 aromatic rings. The van der Waals surface area contributed by atoms with Gasteiger partial charge in [0.05, 0.1) is 11.4 Å². The zero-order valence-electron chi connectivity index (χ0n) is 15.4. The molecule has 0 saturated heterocycles. The Hall–Kier alpha value is -2.74. The highest BCUT2D eigenvalue weighted by atomic mass is 15.4. The van der Waals surface area contributed by atoms with Gasteiger partial charge >= 0.3 is 0 Å². The van der Waals surface area contributed by atoms with Crippen molar-refractivity contribution < 1.29 is 0 Å². The Morgan fingerprint density at radius 2 is 1.76 bits per heavy atom. The van der Waals surface area contributed by atoms with Crippen molar-refractivity contribution in [1.29, 1.82) is 0 Å². The number of allylic oxidation sites excluding steroid dienone is 6. The fraction of sp³-hybridized carbons (Fsp3) is 0.217. The highest BCUT2D eigenvalue weighted by molar-refractivity contribution is 5.72. The predicted octanol–water partition coefficient (Wildman–Crippen LogP) is 5.66. The van der Waals surface area contributed by atoms with E-state index in [4.69, 9.17) is 0 Å². The van der Waals surface area contributed by atoms with Crippen molar-refractivity contribution in [1.82, 2.24) is 4.90 Å². The number of anilines is 1. The van der Waals surface area contributed by atoms with Crippen molar-refractivity contribution in [3.8, 4) is 0 Å². The molecule has 2 aliphatic rings. The minimum absolute atomic E-state index is 0.0581. The molecule has 2 heteroatoms. The van der Waals surface area contributed by atoms with E-state index in [0.29, 0.717) is 0 Å². The zero-order valence-corrected chi connectivity index (χ0v) is 15.4. The molecule has 0 N–H and O–H groups in total. The number of benzene rings is 1. The summed E-state index contributed by atoms with van der Waals surface area (Å²) in [6, 6.07) is 8.63. The highest BCUT2D eigenvalue weighted by Crippen LogP contribution is 2.53. The molecule has 2 nitrogen and oxygen atoms in total. The Kier molecular flexibility index (Phi) is 4.30. The van der Waals surface area contributed by atoms with Gasteiger partial charge in [0.25, 0.3) is 0 Å². The van der Waals surface area contributed by atoms with Crippen LogP contribution in [0.4, 0.5) is 5.69 Å². The molecule has 0 bridgehead atoms. The minimum atomic E-state index is -0.0581. The lowest BCUT2D eigenvalue weighted by Gasteiger charge is -2.38. The third kappa shape index (κ3) is 2.32. The van der Waals surface area contributed by atoms with E-state index in [9.17, 15) is 0 Å². The smallest absolute Gasteiger partial charge is 0.120 e. The summed E-state index contributed by atoms with van der Waals surface area (Å²) in [6.07, 6.45) is 12.1. The fourth-order valence-electron chi connectivity index (χ4n) is 4.09. The lowest BCUT2D eigenvalue weighted by atomic mass is 9.83. The maximum Gasteiger partial charge on any atom is 0.120 e. The summed E-state index contributed by atoms with van der Waals surface area (Å²) >= 11 is 0. The molecule has 0 fully saturated rings. The van der Waals surface area contributed by atoms with Gasteiger partial charge in [-0.05, 0) is 42.9 Å². The van der Waals surface area contributed by atoms with Crippen LogP contribution in [0.15, 0.2) is 97.5 Å². The van der Waals surface area contributed by atoms with Crippen molar-refractivity contribution in [3.63, 3.8) is 0 Å². The first kappa shape index (κ1) is 17.1. The van der Waals surface area contributed by atoms with Crippen LogP contribution in [0.3, 0.4) is 0 Å². The molecule has 25 heavy (non-hydrogen) atoms. The van der Waals surface area contributed by atoms with Gasteiger partial charge < -0.3 is 9.80 Å². The van der Waals surface area contributed by atoms with Crippen molar-refractivity contribution in [2.24, 2.45) is 0 Å². The van der Waals surface area contributed by atoms with Gasteiger partial charge in [-0.25, -0.2) is 0 Å². The van der Waals surface area contributed by atoms with Crippen LogP contribution < -0.4 is 4.90 Å². The van der Waals surface area contributed by atoms with E-state index in [1.165, 1.54) is 11.3 Å². The fourth-order valence-corrected chi connectivity index (χ4v) is 4.09. The van der Waals surface area contributed by atoms with Gasteiger partial charge in [-0.3, -0.25) is 0 Å². The van der Waals surface area contributed by atoms with Gasteiger partial charge in [0.15, 0.2) is 0 Å². The second kappa shape index (κ2) is 6.29. The van der Waals surface area contributed by atoms with E-state index >= 15 is 0 Å². The Morgan fingerprint density at radius 1 is 1.08 bits per heavy atom. The second-order valence-electron chi connectivity index (χ2n) is 6.86. The topological polar surface area (TPSA) is 6.48 Å². The molecule has 0 spiro atoms. The van der Waals surface area contributed by atoms with Crippen LogP contribution in [0.25, 0.3) is 0 Å². The molecule has 1 aromatic carbocycles. The number of rotatable bonds is 5. The molecule has 3 rings (SSSR count). The van der Waals surface area contributed by atoms with Gasteiger partial charge in [0, 0.05) is 16.8 Å². The molecule has 0 aliphatic carbocycles. The lowest BCUT2D eigenvalue weighted by molar-refractivity contribution is 0.263. The third-order valence-electron chi connectivity index (χ3n) is 5.06. The number of hydrogen-bond donors (Lipinski definition) is 0. The van der Waals surface area contributed by atoms with Crippen molar-refractivity contribution in [2.75, 3.05) is 4.90 Å². The molecule has 1 unspecified atom stereocenters. The Labute approximate surface area is 151 Å². The molecule has 1 atom stereocenters. The number of nitrogens with zero attached hydrogens (tertiary/aromatic N) is 2. The van der Waals surface area contributed by atoms with Crippen LogP contribution >= 0.6 is 0 Å². The largest absolute Gasteiger partial charge is 0.317 e. The summed E-state index contributed by atoms with van der Waals surface area (Å²) in [5, 5.41) is 0. The van der Waals surface area contributed by atoms with Crippen LogP contribution in [0, 0.1) is 0 Å². The summed E-state index contributed by atoms with van der Waals surface area (Å²) in [5.74, 6) is 0. The summed E-state index contributed by atoms with van der Waals surface area (Å²) in [7, 11) is 0. The quantitative estimate of drug-likeness (QED) is 0.643. The van der Waals surface area contributed by atoms with Gasteiger partial charge in [0.1, 0.15) is 6.17 Å². The Balaban J connectivity index is 2.30. The van der Waals surface area contributed by atoms with E-state index in [1.807, 2.05) is 31.2 Å². The van der Waals surface area contributed by atoms with Gasteiger partial charge in [0.2, 0.25) is 0 Å². The van der Waals surface area contributed by atoms with E-state index in [1.54, 1.807) is 0 Å². The first-order chi connectivity index (χ1) is 12.0. The monoisotopic (exact) mass is 330 g/mol. The zero-order chi connectivity index (χ0) is 18.2. The molecule has 2 heterocycles. The van der Waals surface area contributed by atoms with Crippen molar-refractivity contribution in [3.05, 3.63) is 103 Å². The molecule has 128 valence electrons. The summed E-state index contributed by atoms with van der Waals surface area (Å²) in [4.78, 5) is 4.74. The Morgan fingerprint density at radius 3 is 2.36 bits per heavy atom. The first-order valence-corrected chi connectivity index (χ1v) is 8.65. The lowest BCUT2D eigenvalue weighted by Crippen LogP contribution is -2.47. The Bertz CT molecular complexity index is 820. The normalized spacial score (nSPS) is 21.6. The predicted molar refractivity (Wildman–Crippen MR) is 108 cm³/mol. The standard InChI is InChI=1S/C23H26N2/c1-7-13-17(14-8-2)24-19(9-3)20(10-4)25-21-16-12-11-15-18(21)23(5,6)22(24)25/h7-16,22H,1,3-4H2,2,5-6H3/b14-8-,17-13+. The van der Waals surface area contributed by atoms with Crippen LogP contribution in [0.5, 0.6) is 0 Å². The molecule has 0 aromatic heterocycles. The van der Waals surface area contributed by atoms with E-state index in [2.05, 4.69) is 79.8 Å². The number of hydrogen-bond acceptors (Lipinski definition) is 2. The van der Waals surface area contributed by atoms with Crippen molar-refractivity contribution >= 4 is 5.69 Å². The summed E-state index contributed by atoms with van der Waals surface area (Å²) in [6.45, 7) is 18.7. The van der Waals surface area contributed by atoms with E-state index in [-0.39, 0.29) is 11.6 Å². The van der Waals surface area contributed by atoms with E-state index in [0.717, 1.165) is 17.1 Å². The second-order valence-corrected chi connectivity index (χ2v) is 6.86. The van der Waals surface area contributed by atoms with Crippen LogP contribution in [0.1, 0.15) is 26.3 Å². The first-order valence-electron chi connectivity index (χ1n) is 8.65.